The van der Waals surface area contributed by atoms with Crippen LogP contribution in [0, 0.1) is 0 Å². The second kappa shape index (κ2) is 3.79. The van der Waals surface area contributed by atoms with Crippen LogP contribution in [0.3, 0.4) is 0 Å². The van der Waals surface area contributed by atoms with Gasteiger partial charge in [-0.25, -0.2) is 10.1 Å². The zero-order valence-corrected chi connectivity index (χ0v) is 5.08. The average molecular weight is 134 g/mol. The highest BCUT2D eigenvalue weighted by atomic mass is 17.5. The van der Waals surface area contributed by atoms with Gasteiger partial charge in [-0.15, -0.1) is 0 Å². The van der Waals surface area contributed by atoms with Crippen LogP contribution in [0.25, 0.3) is 0 Å². The molecule has 0 aromatic carbocycles. The van der Waals surface area contributed by atoms with E-state index in [0.717, 1.165) is 19.4 Å². The highest BCUT2D eigenvalue weighted by Gasteiger charge is 2.15. The molecule has 1 N–H and O–H groups in total. The molecule has 1 unspecified atom stereocenters. The second-order valence-corrected chi connectivity index (χ2v) is 1.99. The summed E-state index contributed by atoms with van der Waals surface area (Å²) in [6, 6.07) is 0. The molecule has 54 valence electrons. The Labute approximate surface area is 53.2 Å². The van der Waals surface area contributed by atoms with Crippen LogP contribution in [-0.2, 0) is 14.7 Å². The fourth-order valence-electron chi connectivity index (χ4n) is 0.882. The van der Waals surface area contributed by atoms with E-state index in [1.807, 2.05) is 0 Å². The van der Waals surface area contributed by atoms with Crippen molar-refractivity contribution >= 4 is 0 Å². The zero-order valence-electron chi connectivity index (χ0n) is 5.08. The van der Waals surface area contributed by atoms with Gasteiger partial charge >= 0.3 is 0 Å². The highest BCUT2D eigenvalue weighted by Crippen LogP contribution is 2.11. The van der Waals surface area contributed by atoms with Gasteiger partial charge in [-0.1, -0.05) is 5.04 Å². The normalized spacial score (nSPS) is 27.0. The Morgan fingerprint density at radius 3 is 3.11 bits per heavy atom. The molecule has 1 aliphatic heterocycles. The summed E-state index contributed by atoms with van der Waals surface area (Å²) >= 11 is 0. The second-order valence-electron chi connectivity index (χ2n) is 1.99. The van der Waals surface area contributed by atoms with Crippen molar-refractivity contribution in [1.82, 2.24) is 0 Å². The van der Waals surface area contributed by atoms with E-state index in [1.54, 1.807) is 0 Å². The van der Waals surface area contributed by atoms with Gasteiger partial charge in [0.15, 0.2) is 0 Å². The lowest BCUT2D eigenvalue weighted by Crippen LogP contribution is -2.13. The summed E-state index contributed by atoms with van der Waals surface area (Å²) in [6.45, 7) is 1.11. The van der Waals surface area contributed by atoms with E-state index in [2.05, 4.69) is 9.93 Å². The molecule has 0 bridgehead atoms. The first-order chi connectivity index (χ1) is 4.43. The molecule has 0 aliphatic carbocycles. The Morgan fingerprint density at radius 2 is 2.56 bits per heavy atom. The van der Waals surface area contributed by atoms with Crippen molar-refractivity contribution in [3.05, 3.63) is 0 Å². The molecule has 1 atom stereocenters. The first-order valence-corrected chi connectivity index (χ1v) is 2.98. The Balaban J connectivity index is 1.98. The Morgan fingerprint density at radius 1 is 1.67 bits per heavy atom. The fraction of sp³-hybridized carbons (Fsp3) is 1.00. The standard InChI is InChI=1S/C5H10O4/c6-9-8-4-5-2-1-3-7-5/h5-6H,1-4H2. The quantitative estimate of drug-likeness (QED) is 0.453. The molecule has 9 heavy (non-hydrogen) atoms. The van der Waals surface area contributed by atoms with Gasteiger partial charge in [-0.3, -0.25) is 0 Å². The number of hydrogen-bond acceptors (Lipinski definition) is 4. The van der Waals surface area contributed by atoms with Crippen LogP contribution in [0.4, 0.5) is 0 Å². The van der Waals surface area contributed by atoms with E-state index < -0.39 is 0 Å². The Hall–Kier alpha value is -0.160. The third-order valence-electron chi connectivity index (χ3n) is 1.33. The number of rotatable bonds is 3. The predicted octanol–water partition coefficient (Wildman–Crippen LogP) is 0.587. The molecule has 1 fully saturated rings. The van der Waals surface area contributed by atoms with Crippen LogP contribution in [0.2, 0.25) is 0 Å². The van der Waals surface area contributed by atoms with Crippen molar-refractivity contribution in [3.8, 4) is 0 Å². The van der Waals surface area contributed by atoms with Crippen molar-refractivity contribution in [2.45, 2.75) is 18.9 Å². The lowest BCUT2D eigenvalue weighted by molar-refractivity contribution is -0.494. The van der Waals surface area contributed by atoms with Gasteiger partial charge in [0, 0.05) is 6.61 Å². The van der Waals surface area contributed by atoms with Gasteiger partial charge in [0.2, 0.25) is 0 Å². The number of ether oxygens (including phenoxy) is 1. The van der Waals surface area contributed by atoms with Crippen LogP contribution >= 0.6 is 0 Å². The van der Waals surface area contributed by atoms with Crippen LogP contribution in [0.1, 0.15) is 12.8 Å². The monoisotopic (exact) mass is 134 g/mol. The van der Waals surface area contributed by atoms with Crippen LogP contribution in [-0.4, -0.2) is 24.6 Å². The van der Waals surface area contributed by atoms with Crippen LogP contribution < -0.4 is 0 Å². The summed E-state index contributed by atoms with van der Waals surface area (Å²) in [5.41, 5.74) is 0. The molecule has 0 spiro atoms. The molecule has 1 rings (SSSR count). The van der Waals surface area contributed by atoms with E-state index in [4.69, 9.17) is 9.99 Å². The van der Waals surface area contributed by atoms with E-state index in [9.17, 15) is 0 Å². The summed E-state index contributed by atoms with van der Waals surface area (Å²) in [6.07, 6.45) is 2.17. The van der Waals surface area contributed by atoms with Crippen LogP contribution in [0.15, 0.2) is 0 Å². The molecule has 1 heterocycles. The molecule has 0 saturated carbocycles. The summed E-state index contributed by atoms with van der Waals surface area (Å²) in [4.78, 5) is 4.25. The van der Waals surface area contributed by atoms with Crippen molar-refractivity contribution < 1.29 is 19.9 Å². The smallest absolute Gasteiger partial charge is 0.111 e. The first-order valence-electron chi connectivity index (χ1n) is 2.98. The lowest BCUT2D eigenvalue weighted by Gasteiger charge is -2.04. The molecule has 1 aliphatic rings. The molecular formula is C5H10O4. The van der Waals surface area contributed by atoms with E-state index in [0.29, 0.717) is 6.61 Å². The van der Waals surface area contributed by atoms with Crippen LogP contribution in [0.5, 0.6) is 0 Å². The molecule has 0 radical (unpaired) electrons. The number of hydrogen-bond donors (Lipinski definition) is 1. The fourth-order valence-corrected chi connectivity index (χ4v) is 0.882. The van der Waals surface area contributed by atoms with Crippen molar-refractivity contribution in [2.75, 3.05) is 13.2 Å². The van der Waals surface area contributed by atoms with Crippen molar-refractivity contribution in [2.24, 2.45) is 0 Å². The third-order valence-corrected chi connectivity index (χ3v) is 1.33. The molecular weight excluding hydrogens is 124 g/mol. The summed E-state index contributed by atoms with van der Waals surface area (Å²) < 4.78 is 5.14. The predicted molar refractivity (Wildman–Crippen MR) is 28.6 cm³/mol. The molecule has 0 amide bonds. The third kappa shape index (κ3) is 2.28. The van der Waals surface area contributed by atoms with Crippen molar-refractivity contribution in [3.63, 3.8) is 0 Å². The Bertz CT molecular complexity index is 69.4. The van der Waals surface area contributed by atoms with E-state index in [-0.39, 0.29) is 6.10 Å². The maximum Gasteiger partial charge on any atom is 0.111 e. The van der Waals surface area contributed by atoms with E-state index >= 15 is 0 Å². The minimum atomic E-state index is 0.108. The zero-order chi connectivity index (χ0) is 6.53. The first kappa shape index (κ1) is 6.95. The summed E-state index contributed by atoms with van der Waals surface area (Å²) in [5, 5.41) is 11.2. The maximum atomic E-state index is 7.75. The maximum absolute atomic E-state index is 7.75. The van der Waals surface area contributed by atoms with Gasteiger partial charge in [0.1, 0.15) is 6.61 Å². The molecule has 0 aromatic heterocycles. The van der Waals surface area contributed by atoms with Gasteiger partial charge in [0.25, 0.3) is 0 Å². The van der Waals surface area contributed by atoms with Gasteiger partial charge < -0.3 is 4.74 Å². The lowest BCUT2D eigenvalue weighted by atomic mass is 10.2. The molecule has 4 nitrogen and oxygen atoms in total. The minimum Gasteiger partial charge on any atom is -0.376 e. The topological polar surface area (TPSA) is 47.9 Å². The van der Waals surface area contributed by atoms with E-state index in [1.165, 1.54) is 0 Å². The average Bonchev–Trinajstić information content (AvgIpc) is 2.34. The van der Waals surface area contributed by atoms with Gasteiger partial charge in [0.05, 0.1) is 6.10 Å². The Kier molecular flexibility index (Phi) is 2.93. The molecule has 0 aromatic rings. The highest BCUT2D eigenvalue weighted by molar-refractivity contribution is 4.62. The summed E-state index contributed by atoms with van der Waals surface area (Å²) in [7, 11) is 0. The van der Waals surface area contributed by atoms with Crippen molar-refractivity contribution in [1.29, 1.82) is 0 Å². The van der Waals surface area contributed by atoms with Gasteiger partial charge in [-0.2, -0.15) is 0 Å². The summed E-state index contributed by atoms with van der Waals surface area (Å²) in [5.74, 6) is 0. The molecule has 1 saturated heterocycles. The SMILES string of the molecule is OOOCC1CCCO1. The molecule has 4 heteroatoms. The largest absolute Gasteiger partial charge is 0.376 e. The minimum absolute atomic E-state index is 0.108. The van der Waals surface area contributed by atoms with Gasteiger partial charge in [-0.05, 0) is 12.8 Å².